The number of anilines is 2. The molecule has 1 fully saturated rings. The van der Waals surface area contributed by atoms with Gasteiger partial charge in [-0.1, -0.05) is 18.2 Å². The van der Waals surface area contributed by atoms with Gasteiger partial charge in [-0.05, 0) is 24.5 Å². The van der Waals surface area contributed by atoms with Crippen LogP contribution in [0.1, 0.15) is 6.42 Å². The van der Waals surface area contributed by atoms with Gasteiger partial charge in [0.1, 0.15) is 12.1 Å². The van der Waals surface area contributed by atoms with Crippen LogP contribution in [-0.4, -0.2) is 39.8 Å². The van der Waals surface area contributed by atoms with Crippen LogP contribution in [0.4, 0.5) is 11.5 Å². The van der Waals surface area contributed by atoms with Crippen LogP contribution in [-0.2, 0) is 0 Å². The van der Waals surface area contributed by atoms with E-state index in [9.17, 15) is 0 Å². The summed E-state index contributed by atoms with van der Waals surface area (Å²) in [6.07, 6.45) is 4.53. The van der Waals surface area contributed by atoms with Crippen molar-refractivity contribution in [3.63, 3.8) is 0 Å². The standard InChI is InChI=1S/C16H18N6/c1-2-4-13(5-3-1)22-7-6-12(10-22)8-17-15-14-9-20-21-16(14)19-11-18-15/h1-5,9,11-12H,6-8,10H2,(H2,17,18,19,20,21). The van der Waals surface area contributed by atoms with Crippen molar-refractivity contribution in [1.82, 2.24) is 20.2 Å². The van der Waals surface area contributed by atoms with E-state index >= 15 is 0 Å². The third-order valence-electron chi connectivity index (χ3n) is 4.21. The highest BCUT2D eigenvalue weighted by Crippen LogP contribution is 2.24. The van der Waals surface area contributed by atoms with Crippen molar-refractivity contribution >= 4 is 22.5 Å². The van der Waals surface area contributed by atoms with Crippen LogP contribution in [0.3, 0.4) is 0 Å². The van der Waals surface area contributed by atoms with Gasteiger partial charge in [0.25, 0.3) is 0 Å². The average Bonchev–Trinajstić information content (AvgIpc) is 3.23. The van der Waals surface area contributed by atoms with Crippen molar-refractivity contribution in [2.75, 3.05) is 29.9 Å². The van der Waals surface area contributed by atoms with Gasteiger partial charge in [-0.15, -0.1) is 0 Å². The third-order valence-corrected chi connectivity index (χ3v) is 4.21. The Morgan fingerprint density at radius 1 is 1.23 bits per heavy atom. The summed E-state index contributed by atoms with van der Waals surface area (Å²) in [6, 6.07) is 10.6. The Morgan fingerprint density at radius 3 is 3.05 bits per heavy atom. The minimum absolute atomic E-state index is 0.622. The number of hydrogen-bond donors (Lipinski definition) is 2. The Hall–Kier alpha value is -2.63. The fourth-order valence-corrected chi connectivity index (χ4v) is 3.02. The zero-order valence-electron chi connectivity index (χ0n) is 12.2. The van der Waals surface area contributed by atoms with Crippen molar-refractivity contribution in [2.45, 2.75) is 6.42 Å². The van der Waals surface area contributed by atoms with E-state index in [1.165, 1.54) is 12.1 Å². The van der Waals surface area contributed by atoms with E-state index in [4.69, 9.17) is 0 Å². The molecule has 0 aliphatic carbocycles. The number of aromatic nitrogens is 4. The van der Waals surface area contributed by atoms with Crippen LogP contribution >= 0.6 is 0 Å². The maximum atomic E-state index is 4.32. The lowest BCUT2D eigenvalue weighted by Gasteiger charge is -2.18. The van der Waals surface area contributed by atoms with Gasteiger partial charge in [0.15, 0.2) is 5.65 Å². The van der Waals surface area contributed by atoms with Crippen LogP contribution in [0.5, 0.6) is 0 Å². The molecule has 4 rings (SSSR count). The second kappa shape index (κ2) is 5.63. The quantitative estimate of drug-likeness (QED) is 0.772. The summed E-state index contributed by atoms with van der Waals surface area (Å²) in [5.41, 5.74) is 2.08. The number of hydrogen-bond acceptors (Lipinski definition) is 5. The van der Waals surface area contributed by atoms with Gasteiger partial charge >= 0.3 is 0 Å². The largest absolute Gasteiger partial charge is 0.371 e. The molecule has 6 nitrogen and oxygen atoms in total. The van der Waals surface area contributed by atoms with E-state index in [2.05, 4.69) is 60.7 Å². The molecule has 1 saturated heterocycles. The maximum absolute atomic E-state index is 4.32. The van der Waals surface area contributed by atoms with Crippen molar-refractivity contribution < 1.29 is 0 Å². The Bertz CT molecular complexity index is 753. The van der Waals surface area contributed by atoms with Gasteiger partial charge in [0.05, 0.1) is 11.6 Å². The maximum Gasteiger partial charge on any atom is 0.160 e. The van der Waals surface area contributed by atoms with Gasteiger partial charge in [-0.25, -0.2) is 9.97 Å². The Morgan fingerprint density at radius 2 is 2.14 bits per heavy atom. The van der Waals surface area contributed by atoms with Crippen LogP contribution < -0.4 is 10.2 Å². The van der Waals surface area contributed by atoms with Gasteiger partial charge in [-0.2, -0.15) is 5.10 Å². The van der Waals surface area contributed by atoms with Gasteiger partial charge in [0.2, 0.25) is 0 Å². The first-order valence-corrected chi connectivity index (χ1v) is 7.58. The summed E-state index contributed by atoms with van der Waals surface area (Å²) in [5, 5.41) is 11.3. The van der Waals surface area contributed by atoms with E-state index in [1.54, 1.807) is 12.5 Å². The lowest BCUT2D eigenvalue weighted by Crippen LogP contribution is -2.22. The van der Waals surface area contributed by atoms with E-state index < -0.39 is 0 Å². The molecule has 0 amide bonds. The molecule has 112 valence electrons. The summed E-state index contributed by atoms with van der Waals surface area (Å²) in [7, 11) is 0. The molecule has 1 unspecified atom stereocenters. The second-order valence-electron chi connectivity index (χ2n) is 5.67. The fraction of sp³-hybridized carbons (Fsp3) is 0.312. The first kappa shape index (κ1) is 13.1. The average molecular weight is 294 g/mol. The molecule has 2 aromatic heterocycles. The van der Waals surface area contributed by atoms with Crippen LogP contribution in [0, 0.1) is 5.92 Å². The Kier molecular flexibility index (Phi) is 3.34. The van der Waals surface area contributed by atoms with Crippen LogP contribution in [0.15, 0.2) is 42.9 Å². The molecule has 0 spiro atoms. The number of para-hydroxylation sites is 1. The van der Waals surface area contributed by atoms with Crippen molar-refractivity contribution in [3.8, 4) is 0 Å². The molecule has 1 aromatic carbocycles. The zero-order chi connectivity index (χ0) is 14.8. The predicted molar refractivity (Wildman–Crippen MR) is 86.9 cm³/mol. The van der Waals surface area contributed by atoms with E-state index in [0.717, 1.165) is 36.5 Å². The molecular formula is C16H18N6. The molecule has 0 bridgehead atoms. The highest BCUT2D eigenvalue weighted by molar-refractivity contribution is 5.85. The molecule has 6 heteroatoms. The number of nitrogens with one attached hydrogen (secondary N) is 2. The molecule has 1 aliphatic heterocycles. The van der Waals surface area contributed by atoms with E-state index in [0.29, 0.717) is 5.92 Å². The molecule has 0 radical (unpaired) electrons. The summed E-state index contributed by atoms with van der Waals surface area (Å²) < 4.78 is 0. The minimum Gasteiger partial charge on any atom is -0.371 e. The number of H-pyrrole nitrogens is 1. The van der Waals surface area contributed by atoms with E-state index in [-0.39, 0.29) is 0 Å². The van der Waals surface area contributed by atoms with Crippen molar-refractivity contribution in [2.24, 2.45) is 5.92 Å². The minimum atomic E-state index is 0.622. The monoisotopic (exact) mass is 294 g/mol. The fourth-order valence-electron chi connectivity index (χ4n) is 3.02. The van der Waals surface area contributed by atoms with E-state index in [1.807, 2.05) is 0 Å². The lowest BCUT2D eigenvalue weighted by atomic mass is 10.1. The van der Waals surface area contributed by atoms with Gasteiger partial charge in [0, 0.05) is 25.3 Å². The number of fused-ring (bicyclic) bond motifs is 1. The summed E-state index contributed by atoms with van der Waals surface area (Å²) in [5.74, 6) is 1.48. The second-order valence-corrected chi connectivity index (χ2v) is 5.67. The zero-order valence-corrected chi connectivity index (χ0v) is 12.2. The van der Waals surface area contributed by atoms with Crippen LogP contribution in [0.25, 0.3) is 11.0 Å². The molecule has 2 N–H and O–H groups in total. The highest BCUT2D eigenvalue weighted by atomic mass is 15.2. The van der Waals surface area contributed by atoms with Crippen molar-refractivity contribution in [3.05, 3.63) is 42.9 Å². The Balaban J connectivity index is 1.40. The normalized spacial score (nSPS) is 18.0. The Labute approximate surface area is 128 Å². The molecule has 3 aromatic rings. The highest BCUT2D eigenvalue weighted by Gasteiger charge is 2.22. The number of nitrogens with zero attached hydrogens (tertiary/aromatic N) is 4. The molecule has 1 aliphatic rings. The molecule has 3 heterocycles. The first-order valence-electron chi connectivity index (χ1n) is 7.58. The lowest BCUT2D eigenvalue weighted by molar-refractivity contribution is 0.621. The topological polar surface area (TPSA) is 69.7 Å². The summed E-state index contributed by atoms with van der Waals surface area (Å²) in [6.45, 7) is 3.11. The molecular weight excluding hydrogens is 276 g/mol. The number of benzene rings is 1. The first-order chi connectivity index (χ1) is 10.9. The van der Waals surface area contributed by atoms with Gasteiger partial charge < -0.3 is 10.2 Å². The summed E-state index contributed by atoms with van der Waals surface area (Å²) in [4.78, 5) is 10.9. The molecule has 22 heavy (non-hydrogen) atoms. The molecule has 0 saturated carbocycles. The number of rotatable bonds is 4. The van der Waals surface area contributed by atoms with Crippen molar-refractivity contribution in [1.29, 1.82) is 0 Å². The third kappa shape index (κ3) is 2.47. The van der Waals surface area contributed by atoms with Gasteiger partial charge in [-0.3, -0.25) is 5.10 Å². The summed E-state index contributed by atoms with van der Waals surface area (Å²) >= 11 is 0. The molecule has 1 atom stereocenters. The number of aromatic amines is 1. The predicted octanol–water partition coefficient (Wildman–Crippen LogP) is 2.29. The smallest absolute Gasteiger partial charge is 0.160 e. The SMILES string of the molecule is c1ccc(N2CCC(CNc3ncnc4[nH]ncc34)C2)cc1. The van der Waals surface area contributed by atoms with Crippen LogP contribution in [0.2, 0.25) is 0 Å².